The van der Waals surface area contributed by atoms with Crippen LogP contribution >= 0.6 is 0 Å². The second-order valence-electron chi connectivity index (χ2n) is 10.3. The van der Waals surface area contributed by atoms with Crippen molar-refractivity contribution in [1.29, 1.82) is 0 Å². The van der Waals surface area contributed by atoms with Crippen LogP contribution in [0.3, 0.4) is 0 Å². The molecule has 0 radical (unpaired) electrons. The molecule has 1 amide bonds. The molecule has 2 atom stereocenters. The van der Waals surface area contributed by atoms with Gasteiger partial charge in [-0.1, -0.05) is 6.92 Å². The van der Waals surface area contributed by atoms with Crippen molar-refractivity contribution in [2.24, 2.45) is 7.05 Å². The molecule has 6 heterocycles. The van der Waals surface area contributed by atoms with E-state index in [9.17, 15) is 9.90 Å². The third kappa shape index (κ3) is 3.78. The van der Waals surface area contributed by atoms with E-state index < -0.39 is 6.61 Å². The number of amides is 1. The van der Waals surface area contributed by atoms with E-state index in [0.29, 0.717) is 5.82 Å². The SMILES string of the molecule is CCc1c(C2CC3CCC(C2)N3C(=O)CO)nc2c(-c3cnc(-c4ccn(C)n4)c(C)c3)cnn2c1N. The smallest absolute Gasteiger partial charge is 0.248 e. The van der Waals surface area contributed by atoms with Crippen molar-refractivity contribution in [3.05, 3.63) is 47.5 Å². The van der Waals surface area contributed by atoms with E-state index in [0.717, 1.165) is 77.1 Å². The molecule has 4 aromatic heterocycles. The van der Waals surface area contributed by atoms with Crippen LogP contribution in [-0.2, 0) is 18.3 Å². The Balaban J connectivity index is 1.40. The molecule has 10 nitrogen and oxygen atoms in total. The Bertz CT molecular complexity index is 1490. The Morgan fingerprint density at radius 2 is 1.97 bits per heavy atom. The van der Waals surface area contributed by atoms with Gasteiger partial charge in [-0.15, -0.1) is 0 Å². The Morgan fingerprint density at radius 1 is 1.22 bits per heavy atom. The number of aromatic nitrogens is 6. The topological polar surface area (TPSA) is 127 Å². The highest BCUT2D eigenvalue weighted by Crippen LogP contribution is 2.44. The average Bonchev–Trinajstić information content (AvgIpc) is 3.59. The molecular formula is C27H32N8O2. The van der Waals surface area contributed by atoms with Crippen LogP contribution in [0.25, 0.3) is 28.2 Å². The molecule has 10 heteroatoms. The highest BCUT2D eigenvalue weighted by molar-refractivity contribution is 5.80. The van der Waals surface area contributed by atoms with E-state index in [-0.39, 0.29) is 23.9 Å². The molecule has 0 aliphatic carbocycles. The number of pyridine rings is 1. The van der Waals surface area contributed by atoms with Crippen molar-refractivity contribution >= 4 is 17.4 Å². The molecular weight excluding hydrogens is 468 g/mol. The minimum absolute atomic E-state index is 0.141. The van der Waals surface area contributed by atoms with Gasteiger partial charge in [-0.2, -0.15) is 14.7 Å². The van der Waals surface area contributed by atoms with E-state index in [4.69, 9.17) is 15.7 Å². The minimum atomic E-state index is -0.430. The first-order valence-electron chi connectivity index (χ1n) is 12.9. The number of hydrogen-bond donors (Lipinski definition) is 2. The summed E-state index contributed by atoms with van der Waals surface area (Å²) in [5.41, 5.74) is 14.0. The fraction of sp³-hybridized carbons (Fsp3) is 0.444. The Morgan fingerprint density at radius 3 is 2.59 bits per heavy atom. The van der Waals surface area contributed by atoms with Crippen LogP contribution in [0, 0.1) is 6.92 Å². The van der Waals surface area contributed by atoms with E-state index in [2.05, 4.69) is 23.2 Å². The number of nitrogen functional groups attached to an aromatic ring is 1. The molecule has 4 aromatic rings. The van der Waals surface area contributed by atoms with E-state index >= 15 is 0 Å². The Labute approximate surface area is 215 Å². The van der Waals surface area contributed by atoms with Crippen LogP contribution in [0.2, 0.25) is 0 Å². The van der Waals surface area contributed by atoms with Crippen LogP contribution in [0.15, 0.2) is 30.7 Å². The van der Waals surface area contributed by atoms with Crippen molar-refractivity contribution in [2.45, 2.75) is 64.0 Å². The maximum atomic E-state index is 12.4. The molecule has 6 rings (SSSR count). The van der Waals surface area contributed by atoms with Gasteiger partial charge in [0.15, 0.2) is 5.65 Å². The number of aliphatic hydroxyl groups excluding tert-OH is 1. The minimum Gasteiger partial charge on any atom is -0.387 e. The summed E-state index contributed by atoms with van der Waals surface area (Å²) >= 11 is 0. The number of rotatable bonds is 5. The van der Waals surface area contributed by atoms with Crippen molar-refractivity contribution in [1.82, 2.24) is 34.3 Å². The molecule has 2 unspecified atom stereocenters. The first kappa shape index (κ1) is 23.6. The molecule has 192 valence electrons. The number of aliphatic hydroxyl groups is 1. The Hall–Kier alpha value is -3.79. The number of hydrogen-bond acceptors (Lipinski definition) is 7. The largest absolute Gasteiger partial charge is 0.387 e. The standard InChI is InChI=1S/C27H32N8O2/c1-4-20-25(16-10-18-5-6-19(11-16)34(18)23(37)14-36)31-27-21(13-30-35(27)26(20)28)17-9-15(2)24(29-12-17)22-7-8-33(3)32-22/h7-9,12-13,16,18-19,36H,4-6,10-11,14,28H2,1-3H3. The van der Waals surface area contributed by atoms with Crippen LogP contribution in [0.4, 0.5) is 5.82 Å². The zero-order valence-electron chi connectivity index (χ0n) is 21.4. The molecule has 2 bridgehead atoms. The first-order chi connectivity index (χ1) is 17.9. The van der Waals surface area contributed by atoms with Gasteiger partial charge in [0.25, 0.3) is 0 Å². The van der Waals surface area contributed by atoms with Crippen LogP contribution in [0.1, 0.15) is 55.3 Å². The average molecular weight is 501 g/mol. The van der Waals surface area contributed by atoms with E-state index in [1.54, 1.807) is 9.20 Å². The molecule has 3 N–H and O–H groups in total. The zero-order chi connectivity index (χ0) is 25.8. The van der Waals surface area contributed by atoms with Crippen molar-refractivity contribution in [2.75, 3.05) is 12.3 Å². The Kier molecular flexibility index (Phi) is 5.71. The zero-order valence-corrected chi connectivity index (χ0v) is 21.4. The predicted molar refractivity (Wildman–Crippen MR) is 140 cm³/mol. The lowest BCUT2D eigenvalue weighted by Gasteiger charge is -2.39. The first-order valence-corrected chi connectivity index (χ1v) is 12.9. The summed E-state index contributed by atoms with van der Waals surface area (Å²) in [6, 6.07) is 4.33. The fourth-order valence-corrected chi connectivity index (χ4v) is 6.39. The monoisotopic (exact) mass is 500 g/mol. The molecule has 0 aromatic carbocycles. The van der Waals surface area contributed by atoms with Crippen molar-refractivity contribution in [3.63, 3.8) is 0 Å². The number of carbonyl (C=O) groups is 1. The summed E-state index contributed by atoms with van der Waals surface area (Å²) < 4.78 is 3.50. The van der Waals surface area contributed by atoms with Gasteiger partial charge < -0.3 is 15.7 Å². The summed E-state index contributed by atoms with van der Waals surface area (Å²) in [5, 5.41) is 18.5. The third-order valence-corrected chi connectivity index (χ3v) is 8.06. The van der Waals surface area contributed by atoms with Gasteiger partial charge in [0.05, 0.1) is 17.6 Å². The van der Waals surface area contributed by atoms with Gasteiger partial charge in [0.2, 0.25) is 5.91 Å². The van der Waals surface area contributed by atoms with Gasteiger partial charge in [0.1, 0.15) is 18.1 Å². The lowest BCUT2D eigenvalue weighted by Crippen LogP contribution is -2.47. The molecule has 2 aliphatic heterocycles. The van der Waals surface area contributed by atoms with Gasteiger partial charge in [-0.05, 0) is 56.7 Å². The fourth-order valence-electron chi connectivity index (χ4n) is 6.39. The maximum Gasteiger partial charge on any atom is 0.248 e. The van der Waals surface area contributed by atoms with Crippen LogP contribution in [0.5, 0.6) is 0 Å². The lowest BCUT2D eigenvalue weighted by molar-refractivity contribution is -0.138. The molecule has 2 saturated heterocycles. The van der Waals surface area contributed by atoms with Crippen LogP contribution in [-0.4, -0.2) is 64.0 Å². The van der Waals surface area contributed by atoms with Crippen LogP contribution < -0.4 is 5.73 Å². The molecule has 37 heavy (non-hydrogen) atoms. The van der Waals surface area contributed by atoms with Gasteiger partial charge in [-0.25, -0.2) is 4.98 Å². The number of anilines is 1. The van der Waals surface area contributed by atoms with E-state index in [1.807, 2.05) is 43.5 Å². The van der Waals surface area contributed by atoms with Gasteiger partial charge >= 0.3 is 0 Å². The van der Waals surface area contributed by atoms with E-state index in [1.165, 1.54) is 0 Å². The summed E-state index contributed by atoms with van der Waals surface area (Å²) in [6.45, 7) is 3.70. The van der Waals surface area contributed by atoms with Gasteiger partial charge in [-0.3, -0.25) is 14.5 Å². The molecule has 0 spiro atoms. The molecule has 2 aliphatic rings. The molecule has 2 fully saturated rings. The second kappa shape index (κ2) is 8.95. The quantitative estimate of drug-likeness (QED) is 0.431. The summed E-state index contributed by atoms with van der Waals surface area (Å²) in [4.78, 5) is 24.2. The second-order valence-corrected chi connectivity index (χ2v) is 10.3. The number of carbonyl (C=O) groups excluding carboxylic acids is 1. The number of aryl methyl sites for hydroxylation is 2. The highest BCUT2D eigenvalue weighted by Gasteiger charge is 2.44. The normalized spacial score (nSPS) is 21.2. The number of fused-ring (bicyclic) bond motifs is 3. The number of nitrogens with two attached hydrogens (primary N) is 1. The number of nitrogens with zero attached hydrogens (tertiary/aromatic N) is 7. The van der Waals surface area contributed by atoms with Crippen molar-refractivity contribution < 1.29 is 9.90 Å². The predicted octanol–water partition coefficient (Wildman–Crippen LogP) is 2.87. The lowest BCUT2D eigenvalue weighted by atomic mass is 9.85. The maximum absolute atomic E-state index is 12.4. The number of piperidine rings is 1. The highest BCUT2D eigenvalue weighted by atomic mass is 16.3. The molecule has 0 saturated carbocycles. The summed E-state index contributed by atoms with van der Waals surface area (Å²) in [7, 11) is 1.89. The van der Waals surface area contributed by atoms with Gasteiger partial charge in [0, 0.05) is 54.1 Å². The van der Waals surface area contributed by atoms with Crippen molar-refractivity contribution in [3.8, 4) is 22.5 Å². The third-order valence-electron chi connectivity index (χ3n) is 8.06. The summed E-state index contributed by atoms with van der Waals surface area (Å²) in [5.74, 6) is 0.654. The summed E-state index contributed by atoms with van der Waals surface area (Å²) in [6.07, 6.45) is 9.93.